The summed E-state index contributed by atoms with van der Waals surface area (Å²) in [6.45, 7) is 3.87. The van der Waals surface area contributed by atoms with Gasteiger partial charge in [0, 0.05) is 12.3 Å². The highest BCUT2D eigenvalue weighted by Crippen LogP contribution is 2.00. The second-order valence-corrected chi connectivity index (χ2v) is 7.23. The molecule has 0 heterocycles. The van der Waals surface area contributed by atoms with E-state index in [9.17, 15) is 18.0 Å². The number of nitrogens with one attached hydrogen (secondary N) is 2. The van der Waals surface area contributed by atoms with Gasteiger partial charge < -0.3 is 15.7 Å². The first kappa shape index (κ1) is 18.7. The molecule has 0 aliphatic heterocycles. The SMILES string of the molecule is CCCCC(C)NC(=O)NC(CCS(C)(=O)=O)C(=O)O. The molecule has 118 valence electrons. The van der Waals surface area contributed by atoms with Crippen LogP contribution in [0.15, 0.2) is 0 Å². The third-order valence-electron chi connectivity index (χ3n) is 2.75. The Labute approximate surface area is 120 Å². The van der Waals surface area contributed by atoms with Crippen LogP contribution in [0.5, 0.6) is 0 Å². The molecule has 0 saturated heterocycles. The molecule has 0 aliphatic rings. The third kappa shape index (κ3) is 9.60. The van der Waals surface area contributed by atoms with Crippen molar-refractivity contribution in [2.75, 3.05) is 12.0 Å². The Balaban J connectivity index is 4.31. The number of urea groups is 1. The minimum absolute atomic E-state index is 0.0562. The first-order valence-electron chi connectivity index (χ1n) is 6.63. The maximum atomic E-state index is 11.6. The van der Waals surface area contributed by atoms with E-state index in [4.69, 9.17) is 5.11 Å². The van der Waals surface area contributed by atoms with Crippen LogP contribution in [0, 0.1) is 0 Å². The first-order valence-corrected chi connectivity index (χ1v) is 8.69. The molecule has 0 aliphatic carbocycles. The fraction of sp³-hybridized carbons (Fsp3) is 0.833. The summed E-state index contributed by atoms with van der Waals surface area (Å²) in [6.07, 6.45) is 3.67. The number of unbranched alkanes of at least 4 members (excludes halogenated alkanes) is 1. The van der Waals surface area contributed by atoms with Gasteiger partial charge in [-0.05, 0) is 19.8 Å². The number of carbonyl (C=O) groups is 2. The molecule has 0 aromatic carbocycles. The molecule has 0 spiro atoms. The van der Waals surface area contributed by atoms with Crippen LogP contribution in [0.4, 0.5) is 4.79 Å². The fourth-order valence-corrected chi connectivity index (χ4v) is 2.26. The van der Waals surface area contributed by atoms with Crippen LogP contribution in [0.1, 0.15) is 39.5 Å². The number of hydrogen-bond donors (Lipinski definition) is 3. The van der Waals surface area contributed by atoms with E-state index in [1.54, 1.807) is 0 Å². The molecule has 0 aromatic rings. The van der Waals surface area contributed by atoms with Crippen LogP contribution in [0.25, 0.3) is 0 Å². The summed E-state index contributed by atoms with van der Waals surface area (Å²) < 4.78 is 22.0. The normalized spacial score (nSPS) is 14.3. The van der Waals surface area contributed by atoms with Gasteiger partial charge in [0.25, 0.3) is 0 Å². The lowest BCUT2D eigenvalue weighted by Crippen LogP contribution is -2.48. The molecular weight excluding hydrogens is 284 g/mol. The summed E-state index contributed by atoms with van der Waals surface area (Å²) in [5.41, 5.74) is 0. The Hall–Kier alpha value is -1.31. The second kappa shape index (κ2) is 8.78. The predicted octanol–water partition coefficient (Wildman–Crippen LogP) is 0.752. The van der Waals surface area contributed by atoms with Crippen molar-refractivity contribution < 1.29 is 23.1 Å². The van der Waals surface area contributed by atoms with Gasteiger partial charge in [-0.3, -0.25) is 0 Å². The number of carbonyl (C=O) groups excluding carboxylic acids is 1. The Morgan fingerprint density at radius 3 is 2.25 bits per heavy atom. The van der Waals surface area contributed by atoms with Crippen molar-refractivity contribution in [3.63, 3.8) is 0 Å². The van der Waals surface area contributed by atoms with E-state index >= 15 is 0 Å². The highest BCUT2D eigenvalue weighted by molar-refractivity contribution is 7.90. The number of aliphatic carboxylic acids is 1. The van der Waals surface area contributed by atoms with Crippen LogP contribution in [0.2, 0.25) is 0 Å². The minimum Gasteiger partial charge on any atom is -0.480 e. The monoisotopic (exact) mass is 308 g/mol. The van der Waals surface area contributed by atoms with Gasteiger partial charge >= 0.3 is 12.0 Å². The summed E-state index contributed by atoms with van der Waals surface area (Å²) in [5, 5.41) is 13.9. The number of amides is 2. The number of rotatable bonds is 9. The number of carboxylic acids is 1. The molecule has 0 radical (unpaired) electrons. The molecule has 3 N–H and O–H groups in total. The van der Waals surface area contributed by atoms with Crippen LogP contribution in [-0.2, 0) is 14.6 Å². The van der Waals surface area contributed by atoms with Crippen molar-refractivity contribution in [3.05, 3.63) is 0 Å². The zero-order valence-electron chi connectivity index (χ0n) is 12.2. The van der Waals surface area contributed by atoms with Gasteiger partial charge in [0.05, 0.1) is 5.75 Å². The molecule has 2 unspecified atom stereocenters. The Bertz CT molecular complexity index is 422. The standard InChI is InChI=1S/C12H24N2O5S/c1-4-5-6-9(2)13-12(17)14-10(11(15)16)7-8-20(3,18)19/h9-10H,4-8H2,1-3H3,(H,15,16)(H2,13,14,17). The summed E-state index contributed by atoms with van der Waals surface area (Å²) in [7, 11) is -3.26. The third-order valence-corrected chi connectivity index (χ3v) is 3.73. The average Bonchev–Trinajstić information content (AvgIpc) is 2.30. The summed E-state index contributed by atoms with van der Waals surface area (Å²) >= 11 is 0. The van der Waals surface area contributed by atoms with E-state index in [0.29, 0.717) is 0 Å². The molecule has 0 saturated carbocycles. The van der Waals surface area contributed by atoms with Gasteiger partial charge in [0.2, 0.25) is 0 Å². The van der Waals surface area contributed by atoms with Crippen molar-refractivity contribution in [1.29, 1.82) is 0 Å². The van der Waals surface area contributed by atoms with Crippen LogP contribution in [-0.4, -0.2) is 49.6 Å². The topological polar surface area (TPSA) is 113 Å². The maximum absolute atomic E-state index is 11.6. The van der Waals surface area contributed by atoms with Crippen LogP contribution in [0.3, 0.4) is 0 Å². The van der Waals surface area contributed by atoms with Gasteiger partial charge in [-0.15, -0.1) is 0 Å². The van der Waals surface area contributed by atoms with Gasteiger partial charge in [-0.25, -0.2) is 18.0 Å². The maximum Gasteiger partial charge on any atom is 0.326 e. The Kier molecular flexibility index (Phi) is 8.21. The smallest absolute Gasteiger partial charge is 0.326 e. The lowest BCUT2D eigenvalue weighted by Gasteiger charge is -2.18. The summed E-state index contributed by atoms with van der Waals surface area (Å²) in [5.74, 6) is -1.53. The van der Waals surface area contributed by atoms with Gasteiger partial charge in [-0.1, -0.05) is 19.8 Å². The zero-order valence-corrected chi connectivity index (χ0v) is 13.0. The van der Waals surface area contributed by atoms with E-state index in [1.165, 1.54) is 0 Å². The van der Waals surface area contributed by atoms with Crippen LogP contribution >= 0.6 is 0 Å². The number of sulfone groups is 1. The average molecular weight is 308 g/mol. The molecule has 0 rings (SSSR count). The first-order chi connectivity index (χ1) is 9.15. The van der Waals surface area contributed by atoms with E-state index < -0.39 is 27.9 Å². The minimum atomic E-state index is -3.26. The molecule has 7 nitrogen and oxygen atoms in total. The number of hydrogen-bond acceptors (Lipinski definition) is 4. The van der Waals surface area contributed by atoms with Crippen molar-refractivity contribution in [2.45, 2.75) is 51.6 Å². The van der Waals surface area contributed by atoms with E-state index in [-0.39, 0.29) is 18.2 Å². The largest absolute Gasteiger partial charge is 0.480 e. The van der Waals surface area contributed by atoms with Gasteiger partial charge in [0.15, 0.2) is 0 Å². The highest BCUT2D eigenvalue weighted by atomic mass is 32.2. The van der Waals surface area contributed by atoms with E-state index in [1.807, 2.05) is 13.8 Å². The zero-order chi connectivity index (χ0) is 15.8. The molecule has 0 fully saturated rings. The van der Waals surface area contributed by atoms with Gasteiger partial charge in [0.1, 0.15) is 15.9 Å². The van der Waals surface area contributed by atoms with Crippen molar-refractivity contribution in [1.82, 2.24) is 10.6 Å². The molecule has 8 heteroatoms. The molecule has 2 amide bonds. The summed E-state index contributed by atoms with van der Waals surface area (Å²) in [6, 6.07) is -1.85. The van der Waals surface area contributed by atoms with E-state index in [0.717, 1.165) is 25.5 Å². The molecular formula is C12H24N2O5S. The van der Waals surface area contributed by atoms with Crippen molar-refractivity contribution in [2.24, 2.45) is 0 Å². The quantitative estimate of drug-likeness (QED) is 0.582. The molecule has 0 bridgehead atoms. The molecule has 0 aromatic heterocycles. The predicted molar refractivity (Wildman–Crippen MR) is 76.4 cm³/mol. The van der Waals surface area contributed by atoms with Gasteiger partial charge in [-0.2, -0.15) is 0 Å². The Morgan fingerprint density at radius 1 is 1.20 bits per heavy atom. The molecule has 20 heavy (non-hydrogen) atoms. The van der Waals surface area contributed by atoms with E-state index in [2.05, 4.69) is 10.6 Å². The van der Waals surface area contributed by atoms with Crippen LogP contribution < -0.4 is 10.6 Å². The van der Waals surface area contributed by atoms with Crippen molar-refractivity contribution >= 4 is 21.8 Å². The lowest BCUT2D eigenvalue weighted by molar-refractivity contribution is -0.139. The lowest BCUT2D eigenvalue weighted by atomic mass is 10.1. The summed E-state index contributed by atoms with van der Waals surface area (Å²) in [4.78, 5) is 22.6. The van der Waals surface area contributed by atoms with Crippen molar-refractivity contribution in [3.8, 4) is 0 Å². The second-order valence-electron chi connectivity index (χ2n) is 4.97. The highest BCUT2D eigenvalue weighted by Gasteiger charge is 2.22. The fourth-order valence-electron chi connectivity index (χ4n) is 1.60. The number of carboxylic acid groups (broad SMARTS) is 1. The Morgan fingerprint density at radius 2 is 1.80 bits per heavy atom. The molecule has 2 atom stereocenters.